The SMILES string of the molecule is CC(C)(C)[Si](C)(C)OCC(CO)n1c(NC(=O)c2ccccc2)ccnc1=O. The zero-order valence-electron chi connectivity index (χ0n) is 17.1. The number of anilines is 1. The fourth-order valence-electron chi connectivity index (χ4n) is 2.38. The maximum atomic E-state index is 12.5. The van der Waals surface area contributed by atoms with E-state index in [4.69, 9.17) is 4.43 Å². The molecule has 1 aromatic carbocycles. The van der Waals surface area contributed by atoms with E-state index in [1.807, 2.05) is 6.07 Å². The second-order valence-corrected chi connectivity index (χ2v) is 13.0. The summed E-state index contributed by atoms with van der Waals surface area (Å²) in [6, 6.07) is 9.60. The van der Waals surface area contributed by atoms with E-state index in [1.165, 1.54) is 16.8 Å². The predicted molar refractivity (Wildman–Crippen MR) is 112 cm³/mol. The van der Waals surface area contributed by atoms with Crippen LogP contribution in [-0.2, 0) is 4.43 Å². The molecule has 0 radical (unpaired) electrons. The maximum absolute atomic E-state index is 12.5. The minimum absolute atomic E-state index is 0.00272. The second kappa shape index (κ2) is 8.81. The lowest BCUT2D eigenvalue weighted by Crippen LogP contribution is -2.43. The predicted octanol–water partition coefficient (Wildman–Crippen LogP) is 3.05. The van der Waals surface area contributed by atoms with E-state index in [-0.39, 0.29) is 30.0 Å². The molecule has 1 aromatic heterocycles. The molecule has 152 valence electrons. The largest absolute Gasteiger partial charge is 0.415 e. The first kappa shape index (κ1) is 22.0. The Balaban J connectivity index is 2.28. The molecule has 1 unspecified atom stereocenters. The third-order valence-corrected chi connectivity index (χ3v) is 9.68. The Kier molecular flexibility index (Phi) is 6.92. The van der Waals surface area contributed by atoms with E-state index in [0.29, 0.717) is 5.56 Å². The molecule has 7 nitrogen and oxygen atoms in total. The zero-order chi connectivity index (χ0) is 20.9. The molecule has 0 fully saturated rings. The van der Waals surface area contributed by atoms with Crippen LogP contribution in [0.1, 0.15) is 37.2 Å². The van der Waals surface area contributed by atoms with Crippen molar-refractivity contribution >= 4 is 20.0 Å². The van der Waals surface area contributed by atoms with Crippen molar-refractivity contribution in [2.75, 3.05) is 18.5 Å². The molecule has 0 aliphatic rings. The third-order valence-electron chi connectivity index (χ3n) is 5.18. The topological polar surface area (TPSA) is 93.4 Å². The molecule has 0 saturated carbocycles. The minimum atomic E-state index is -2.07. The van der Waals surface area contributed by atoms with E-state index < -0.39 is 20.0 Å². The van der Waals surface area contributed by atoms with Gasteiger partial charge in [0.15, 0.2) is 8.32 Å². The molecule has 2 N–H and O–H groups in total. The van der Waals surface area contributed by atoms with Crippen molar-refractivity contribution in [3.63, 3.8) is 0 Å². The molecule has 8 heteroatoms. The zero-order valence-corrected chi connectivity index (χ0v) is 18.1. The minimum Gasteiger partial charge on any atom is -0.415 e. The summed E-state index contributed by atoms with van der Waals surface area (Å²) in [4.78, 5) is 28.7. The summed E-state index contributed by atoms with van der Waals surface area (Å²) in [6.45, 7) is 10.4. The third kappa shape index (κ3) is 5.15. The molecule has 0 aliphatic carbocycles. The van der Waals surface area contributed by atoms with Gasteiger partial charge in [-0.05, 0) is 36.3 Å². The molecular formula is C20H29N3O4Si. The van der Waals surface area contributed by atoms with E-state index in [2.05, 4.69) is 44.2 Å². The molecule has 0 aliphatic heterocycles. The van der Waals surface area contributed by atoms with Gasteiger partial charge in [0, 0.05) is 11.8 Å². The van der Waals surface area contributed by atoms with Crippen molar-refractivity contribution in [1.29, 1.82) is 0 Å². The number of carbonyl (C=O) groups excluding carboxylic acids is 1. The number of aliphatic hydroxyl groups is 1. The first-order valence-corrected chi connectivity index (χ1v) is 12.2. The molecular weight excluding hydrogens is 374 g/mol. The summed E-state index contributed by atoms with van der Waals surface area (Å²) in [7, 11) is -2.07. The van der Waals surface area contributed by atoms with Crippen LogP contribution in [0.2, 0.25) is 18.1 Å². The number of aliphatic hydroxyl groups excluding tert-OH is 1. The number of amides is 1. The number of hydrogen-bond acceptors (Lipinski definition) is 5. The molecule has 1 heterocycles. The van der Waals surface area contributed by atoms with Crippen LogP contribution in [0.25, 0.3) is 0 Å². The number of benzene rings is 1. The summed E-state index contributed by atoms with van der Waals surface area (Å²) in [5.41, 5.74) is -0.0832. The standard InChI is InChI=1S/C20H29N3O4Si/c1-20(2,3)28(4,5)27-14-16(13-24)23-17(11-12-21-19(23)26)22-18(25)15-9-7-6-8-10-15/h6-12,16,24H,13-14H2,1-5H3,(H,22,25). The summed E-state index contributed by atoms with van der Waals surface area (Å²) in [5.74, 6) is -0.0753. The molecule has 2 rings (SSSR count). The van der Waals surface area contributed by atoms with E-state index >= 15 is 0 Å². The van der Waals surface area contributed by atoms with Gasteiger partial charge in [0.25, 0.3) is 5.91 Å². The van der Waals surface area contributed by atoms with Crippen molar-refractivity contribution < 1.29 is 14.3 Å². The highest BCUT2D eigenvalue weighted by Crippen LogP contribution is 2.37. The van der Waals surface area contributed by atoms with Gasteiger partial charge in [0.2, 0.25) is 0 Å². The van der Waals surface area contributed by atoms with Gasteiger partial charge in [-0.3, -0.25) is 9.36 Å². The number of aromatic nitrogens is 2. The maximum Gasteiger partial charge on any atom is 0.349 e. The summed E-state index contributed by atoms with van der Waals surface area (Å²) in [5, 5.41) is 12.7. The van der Waals surface area contributed by atoms with Crippen LogP contribution in [0.15, 0.2) is 47.4 Å². The number of nitrogens with one attached hydrogen (secondary N) is 1. The van der Waals surface area contributed by atoms with Crippen molar-refractivity contribution in [2.45, 2.75) is 44.9 Å². The number of hydrogen-bond donors (Lipinski definition) is 2. The molecule has 0 bridgehead atoms. The van der Waals surface area contributed by atoms with Gasteiger partial charge in [-0.25, -0.2) is 9.78 Å². The Bertz CT molecular complexity index is 860. The fourth-order valence-corrected chi connectivity index (χ4v) is 3.42. The highest BCUT2D eigenvalue weighted by molar-refractivity contribution is 6.74. The van der Waals surface area contributed by atoms with Crippen molar-refractivity contribution in [3.05, 3.63) is 58.6 Å². The van der Waals surface area contributed by atoms with Gasteiger partial charge in [0.1, 0.15) is 5.82 Å². The van der Waals surface area contributed by atoms with Crippen LogP contribution < -0.4 is 11.0 Å². The normalized spacial score (nSPS) is 13.2. The smallest absolute Gasteiger partial charge is 0.349 e. The van der Waals surface area contributed by atoms with E-state index in [9.17, 15) is 14.7 Å². The van der Waals surface area contributed by atoms with Gasteiger partial charge < -0.3 is 14.8 Å². The quantitative estimate of drug-likeness (QED) is 0.693. The van der Waals surface area contributed by atoms with Gasteiger partial charge in [-0.1, -0.05) is 39.0 Å². The highest BCUT2D eigenvalue weighted by Gasteiger charge is 2.37. The van der Waals surface area contributed by atoms with Crippen LogP contribution in [0.3, 0.4) is 0 Å². The van der Waals surface area contributed by atoms with Gasteiger partial charge in [-0.15, -0.1) is 0 Å². The molecule has 2 aromatic rings. The Hall–Kier alpha value is -2.29. The molecule has 28 heavy (non-hydrogen) atoms. The Morgan fingerprint density at radius 1 is 1.25 bits per heavy atom. The van der Waals surface area contributed by atoms with Gasteiger partial charge in [-0.2, -0.15) is 0 Å². The average molecular weight is 404 g/mol. The second-order valence-electron chi connectivity index (χ2n) is 8.21. The number of nitrogens with zero attached hydrogens (tertiary/aromatic N) is 2. The number of rotatable bonds is 7. The Morgan fingerprint density at radius 3 is 2.46 bits per heavy atom. The molecule has 0 spiro atoms. The Labute approximate surface area is 166 Å². The van der Waals surface area contributed by atoms with Crippen LogP contribution in [0.4, 0.5) is 5.82 Å². The van der Waals surface area contributed by atoms with Crippen LogP contribution in [0.5, 0.6) is 0 Å². The van der Waals surface area contributed by atoms with Gasteiger partial charge in [0.05, 0.1) is 19.3 Å². The van der Waals surface area contributed by atoms with E-state index in [1.54, 1.807) is 24.3 Å². The lowest BCUT2D eigenvalue weighted by molar-refractivity contribution is 0.102. The first-order valence-electron chi connectivity index (χ1n) is 9.25. The summed E-state index contributed by atoms with van der Waals surface area (Å²) >= 11 is 0. The van der Waals surface area contributed by atoms with E-state index in [0.717, 1.165) is 0 Å². The van der Waals surface area contributed by atoms with Crippen LogP contribution >= 0.6 is 0 Å². The van der Waals surface area contributed by atoms with Crippen molar-refractivity contribution in [3.8, 4) is 0 Å². The molecule has 0 saturated heterocycles. The molecule has 1 atom stereocenters. The average Bonchev–Trinajstić information content (AvgIpc) is 2.63. The number of carbonyl (C=O) groups is 1. The fraction of sp³-hybridized carbons (Fsp3) is 0.450. The van der Waals surface area contributed by atoms with Crippen molar-refractivity contribution in [2.24, 2.45) is 0 Å². The lowest BCUT2D eigenvalue weighted by Gasteiger charge is -2.37. The van der Waals surface area contributed by atoms with Crippen LogP contribution in [-0.4, -0.2) is 42.1 Å². The lowest BCUT2D eigenvalue weighted by atomic mass is 10.2. The molecule has 1 amide bonds. The summed E-state index contributed by atoms with van der Waals surface area (Å²) < 4.78 is 7.47. The highest BCUT2D eigenvalue weighted by atomic mass is 28.4. The monoisotopic (exact) mass is 403 g/mol. The van der Waals surface area contributed by atoms with Crippen LogP contribution in [0, 0.1) is 0 Å². The first-order chi connectivity index (χ1) is 13.1. The van der Waals surface area contributed by atoms with Gasteiger partial charge >= 0.3 is 5.69 Å². The summed E-state index contributed by atoms with van der Waals surface area (Å²) in [6.07, 6.45) is 1.34. The Morgan fingerprint density at radius 2 is 1.89 bits per heavy atom. The van der Waals surface area contributed by atoms with Crippen molar-refractivity contribution in [1.82, 2.24) is 9.55 Å².